The van der Waals surface area contributed by atoms with Gasteiger partial charge in [-0.15, -0.1) is 0 Å². The largest absolute Gasteiger partial charge is 0.378 e. The van der Waals surface area contributed by atoms with Crippen LogP contribution < -0.4 is 5.73 Å². The summed E-state index contributed by atoms with van der Waals surface area (Å²) < 4.78 is 5.33. The summed E-state index contributed by atoms with van der Waals surface area (Å²) in [6.07, 6.45) is 2.79. The van der Waals surface area contributed by atoms with Gasteiger partial charge in [0.05, 0.1) is 13.2 Å². The zero-order chi connectivity index (χ0) is 18.8. The first kappa shape index (κ1) is 17.7. The van der Waals surface area contributed by atoms with Crippen LogP contribution in [0.15, 0.2) is 42.5 Å². The number of nitrogens with zero attached hydrogens (tertiary/aromatic N) is 1. The molecule has 1 aliphatic heterocycles. The van der Waals surface area contributed by atoms with Crippen molar-refractivity contribution in [3.05, 3.63) is 70.3 Å². The van der Waals surface area contributed by atoms with Gasteiger partial charge in [0.2, 0.25) is 5.91 Å². The number of aryl methyl sites for hydroxylation is 1. The summed E-state index contributed by atoms with van der Waals surface area (Å²) in [6.45, 7) is 2.33. The molecule has 1 saturated heterocycles. The van der Waals surface area contributed by atoms with E-state index in [0.29, 0.717) is 37.4 Å². The van der Waals surface area contributed by atoms with Crippen molar-refractivity contribution >= 4 is 11.8 Å². The topological polar surface area (TPSA) is 72.6 Å². The summed E-state index contributed by atoms with van der Waals surface area (Å²) in [5.74, 6) is -0.249. The molecular weight excluding hydrogens is 340 g/mol. The van der Waals surface area contributed by atoms with Crippen molar-refractivity contribution in [2.24, 2.45) is 5.73 Å². The van der Waals surface area contributed by atoms with Gasteiger partial charge in [0.15, 0.2) is 0 Å². The highest BCUT2D eigenvalue weighted by molar-refractivity contribution is 5.98. The second-order valence-electron chi connectivity index (χ2n) is 7.28. The maximum Gasteiger partial charge on any atom is 0.254 e. The molecule has 1 heterocycles. The number of fused-ring (bicyclic) bond motifs is 1. The highest BCUT2D eigenvalue weighted by Crippen LogP contribution is 2.34. The van der Waals surface area contributed by atoms with Gasteiger partial charge in [-0.2, -0.15) is 0 Å². The number of amides is 2. The van der Waals surface area contributed by atoms with E-state index in [4.69, 9.17) is 10.5 Å². The van der Waals surface area contributed by atoms with E-state index < -0.39 is 5.91 Å². The Balaban J connectivity index is 1.66. The SMILES string of the molecule is NC(=O)c1ccc(C(=O)N2CCOCC2)cc1C1CCc2ccccc2C1. The van der Waals surface area contributed by atoms with E-state index in [1.54, 1.807) is 12.1 Å². The predicted molar refractivity (Wildman–Crippen MR) is 103 cm³/mol. The standard InChI is InChI=1S/C22H24N2O3/c23-21(25)19-8-7-18(22(26)24-9-11-27-12-10-24)14-20(19)17-6-5-15-3-1-2-4-16(15)13-17/h1-4,7-8,14,17H,5-6,9-13H2,(H2,23,25). The van der Waals surface area contributed by atoms with Crippen LogP contribution in [0.25, 0.3) is 0 Å². The minimum atomic E-state index is -0.436. The van der Waals surface area contributed by atoms with Crippen LogP contribution in [-0.4, -0.2) is 43.0 Å². The van der Waals surface area contributed by atoms with Crippen molar-refractivity contribution in [1.82, 2.24) is 4.90 Å². The first-order chi connectivity index (χ1) is 13.1. The first-order valence-corrected chi connectivity index (χ1v) is 9.51. The lowest BCUT2D eigenvalue weighted by molar-refractivity contribution is 0.0302. The van der Waals surface area contributed by atoms with Gasteiger partial charge in [-0.05, 0) is 60.1 Å². The van der Waals surface area contributed by atoms with Gasteiger partial charge in [-0.1, -0.05) is 24.3 Å². The average molecular weight is 364 g/mol. The maximum atomic E-state index is 12.9. The molecule has 1 fully saturated rings. The molecule has 2 amide bonds. The van der Waals surface area contributed by atoms with E-state index in [-0.39, 0.29) is 11.8 Å². The minimum absolute atomic E-state index is 0.00761. The van der Waals surface area contributed by atoms with Crippen molar-refractivity contribution in [2.45, 2.75) is 25.2 Å². The summed E-state index contributed by atoms with van der Waals surface area (Å²) in [7, 11) is 0. The number of carbonyl (C=O) groups excluding carboxylic acids is 2. The summed E-state index contributed by atoms with van der Waals surface area (Å²) in [5, 5.41) is 0. The zero-order valence-corrected chi connectivity index (χ0v) is 15.3. The van der Waals surface area contributed by atoms with Crippen molar-refractivity contribution < 1.29 is 14.3 Å². The van der Waals surface area contributed by atoms with Gasteiger partial charge in [0.25, 0.3) is 5.91 Å². The molecular formula is C22H24N2O3. The molecule has 0 aromatic heterocycles. The molecule has 0 bridgehead atoms. The zero-order valence-electron chi connectivity index (χ0n) is 15.3. The number of nitrogens with two attached hydrogens (primary N) is 1. The van der Waals surface area contributed by atoms with Crippen LogP contribution in [0.4, 0.5) is 0 Å². The second kappa shape index (κ2) is 7.53. The Morgan fingerprint density at radius 3 is 2.52 bits per heavy atom. The summed E-state index contributed by atoms with van der Waals surface area (Å²) in [4.78, 5) is 26.7. The van der Waals surface area contributed by atoms with Crippen LogP contribution in [0.3, 0.4) is 0 Å². The van der Waals surface area contributed by atoms with Crippen LogP contribution in [0.2, 0.25) is 0 Å². The van der Waals surface area contributed by atoms with Crippen molar-refractivity contribution in [3.8, 4) is 0 Å². The van der Waals surface area contributed by atoms with E-state index in [9.17, 15) is 9.59 Å². The van der Waals surface area contributed by atoms with E-state index in [0.717, 1.165) is 24.8 Å². The number of ether oxygens (including phenoxy) is 1. The molecule has 0 saturated carbocycles. The molecule has 0 spiro atoms. The Morgan fingerprint density at radius 1 is 1.04 bits per heavy atom. The van der Waals surface area contributed by atoms with Gasteiger partial charge in [0.1, 0.15) is 0 Å². The third kappa shape index (κ3) is 3.60. The smallest absolute Gasteiger partial charge is 0.254 e. The van der Waals surface area contributed by atoms with Crippen LogP contribution in [0.5, 0.6) is 0 Å². The number of carbonyl (C=O) groups is 2. The highest BCUT2D eigenvalue weighted by Gasteiger charge is 2.26. The molecule has 2 aliphatic rings. The number of morpholine rings is 1. The lowest BCUT2D eigenvalue weighted by Gasteiger charge is -2.29. The lowest BCUT2D eigenvalue weighted by atomic mass is 9.78. The third-order valence-corrected chi connectivity index (χ3v) is 5.65. The van der Waals surface area contributed by atoms with Gasteiger partial charge < -0.3 is 15.4 Å². The Bertz CT molecular complexity index is 872. The van der Waals surface area contributed by atoms with E-state index in [1.165, 1.54) is 11.1 Å². The minimum Gasteiger partial charge on any atom is -0.378 e. The van der Waals surface area contributed by atoms with Crippen molar-refractivity contribution in [1.29, 1.82) is 0 Å². The quantitative estimate of drug-likeness (QED) is 0.910. The van der Waals surface area contributed by atoms with Gasteiger partial charge >= 0.3 is 0 Å². The molecule has 140 valence electrons. The third-order valence-electron chi connectivity index (χ3n) is 5.65. The normalized spacial score (nSPS) is 19.4. The maximum absolute atomic E-state index is 12.9. The predicted octanol–water partition coefficient (Wildman–Crippen LogP) is 2.53. The summed E-state index contributed by atoms with van der Waals surface area (Å²) in [5.41, 5.74) is 10.4. The number of hydrogen-bond donors (Lipinski definition) is 1. The first-order valence-electron chi connectivity index (χ1n) is 9.51. The molecule has 2 N–H and O–H groups in total. The fraction of sp³-hybridized carbons (Fsp3) is 0.364. The summed E-state index contributed by atoms with van der Waals surface area (Å²) in [6, 6.07) is 13.7. The molecule has 5 nitrogen and oxygen atoms in total. The van der Waals surface area contributed by atoms with Crippen LogP contribution in [0, 0.1) is 0 Å². The second-order valence-corrected chi connectivity index (χ2v) is 7.28. The van der Waals surface area contributed by atoms with E-state index >= 15 is 0 Å². The molecule has 4 rings (SSSR count). The Kier molecular flexibility index (Phi) is 4.94. The van der Waals surface area contributed by atoms with Gasteiger partial charge in [-0.3, -0.25) is 9.59 Å². The Hall–Kier alpha value is -2.66. The Morgan fingerprint density at radius 2 is 1.78 bits per heavy atom. The van der Waals surface area contributed by atoms with Crippen LogP contribution in [0.1, 0.15) is 49.7 Å². The molecule has 5 heteroatoms. The molecule has 0 radical (unpaired) electrons. The van der Waals surface area contributed by atoms with E-state index in [1.807, 2.05) is 11.0 Å². The molecule has 1 unspecified atom stereocenters. The fourth-order valence-corrected chi connectivity index (χ4v) is 4.17. The average Bonchev–Trinajstić information content (AvgIpc) is 2.73. The van der Waals surface area contributed by atoms with Crippen molar-refractivity contribution in [3.63, 3.8) is 0 Å². The molecule has 2 aromatic carbocycles. The van der Waals surface area contributed by atoms with E-state index in [2.05, 4.69) is 24.3 Å². The van der Waals surface area contributed by atoms with Gasteiger partial charge in [-0.25, -0.2) is 0 Å². The highest BCUT2D eigenvalue weighted by atomic mass is 16.5. The van der Waals surface area contributed by atoms with Crippen molar-refractivity contribution in [2.75, 3.05) is 26.3 Å². The van der Waals surface area contributed by atoms with Crippen LogP contribution >= 0.6 is 0 Å². The summed E-state index contributed by atoms with van der Waals surface area (Å²) >= 11 is 0. The number of rotatable bonds is 3. The molecule has 1 aliphatic carbocycles. The lowest BCUT2D eigenvalue weighted by Crippen LogP contribution is -2.40. The van der Waals surface area contributed by atoms with Gasteiger partial charge in [0, 0.05) is 24.2 Å². The molecule has 2 aromatic rings. The number of primary amides is 1. The molecule has 27 heavy (non-hydrogen) atoms. The number of benzene rings is 2. The van der Waals surface area contributed by atoms with Crippen LogP contribution in [-0.2, 0) is 17.6 Å². The Labute approximate surface area is 159 Å². The fourth-order valence-electron chi connectivity index (χ4n) is 4.17. The molecule has 1 atom stereocenters. The number of hydrogen-bond acceptors (Lipinski definition) is 3. The monoisotopic (exact) mass is 364 g/mol.